The van der Waals surface area contributed by atoms with Gasteiger partial charge in [0.15, 0.2) is 0 Å². The quantitative estimate of drug-likeness (QED) is 0.859. The first-order valence-corrected chi connectivity index (χ1v) is 7.04. The summed E-state index contributed by atoms with van der Waals surface area (Å²) in [7, 11) is 0. The largest absolute Gasteiger partial charge is 0.489 e. The van der Waals surface area contributed by atoms with Gasteiger partial charge in [-0.3, -0.25) is 4.98 Å². The van der Waals surface area contributed by atoms with Crippen LogP contribution in [0.2, 0.25) is 5.02 Å². The molecule has 0 spiro atoms. The van der Waals surface area contributed by atoms with Crippen LogP contribution in [0.4, 0.5) is 0 Å². The molecule has 0 amide bonds. The molecule has 0 aliphatic heterocycles. The number of aromatic nitrogens is 1. The highest BCUT2D eigenvalue weighted by Gasteiger charge is 2.03. The Balaban J connectivity index is 2.08. The van der Waals surface area contributed by atoms with Gasteiger partial charge in [0.1, 0.15) is 17.3 Å². The summed E-state index contributed by atoms with van der Waals surface area (Å²) in [6, 6.07) is 9.37. The molecule has 0 aliphatic carbocycles. The molecule has 0 aliphatic rings. The molecule has 0 atom stereocenters. The van der Waals surface area contributed by atoms with Gasteiger partial charge in [-0.05, 0) is 47.9 Å². The lowest BCUT2D eigenvalue weighted by Crippen LogP contribution is -2.12. The van der Waals surface area contributed by atoms with Gasteiger partial charge in [0.25, 0.3) is 0 Å². The van der Waals surface area contributed by atoms with E-state index in [0.29, 0.717) is 12.3 Å². The van der Waals surface area contributed by atoms with Gasteiger partial charge in [-0.2, -0.15) is 0 Å². The predicted molar refractivity (Wildman–Crippen MR) is 85.3 cm³/mol. The summed E-state index contributed by atoms with van der Waals surface area (Å²) in [5.41, 5.74) is 8.20. The Morgan fingerprint density at radius 2 is 2.15 bits per heavy atom. The highest BCUT2D eigenvalue weighted by molar-refractivity contribution is 7.80. The highest BCUT2D eigenvalue weighted by Crippen LogP contribution is 2.23. The minimum absolute atomic E-state index is 0.284. The third-order valence-corrected chi connectivity index (χ3v) is 3.46. The second kappa shape index (κ2) is 6.68. The van der Waals surface area contributed by atoms with Crippen molar-refractivity contribution in [2.45, 2.75) is 20.0 Å². The summed E-state index contributed by atoms with van der Waals surface area (Å²) < 4.78 is 5.75. The number of halogens is 1. The highest BCUT2D eigenvalue weighted by atomic mass is 35.5. The molecule has 2 rings (SSSR count). The zero-order valence-electron chi connectivity index (χ0n) is 11.1. The van der Waals surface area contributed by atoms with E-state index in [4.69, 9.17) is 34.3 Å². The third-order valence-electron chi connectivity index (χ3n) is 2.88. The lowest BCUT2D eigenvalue weighted by molar-refractivity contribution is 0.306. The van der Waals surface area contributed by atoms with Crippen molar-refractivity contribution in [2.75, 3.05) is 0 Å². The topological polar surface area (TPSA) is 48.1 Å². The maximum absolute atomic E-state index is 6.08. The van der Waals surface area contributed by atoms with Crippen molar-refractivity contribution in [1.29, 1.82) is 0 Å². The van der Waals surface area contributed by atoms with E-state index in [9.17, 15) is 0 Å². The van der Waals surface area contributed by atoms with Crippen LogP contribution in [0.1, 0.15) is 23.7 Å². The van der Waals surface area contributed by atoms with Crippen molar-refractivity contribution in [1.82, 2.24) is 4.98 Å². The smallest absolute Gasteiger partial charge is 0.122 e. The molecular weight excluding hydrogens is 292 g/mol. The number of hydrogen-bond acceptors (Lipinski definition) is 3. The van der Waals surface area contributed by atoms with E-state index < -0.39 is 0 Å². The summed E-state index contributed by atoms with van der Waals surface area (Å²) in [6.45, 7) is 2.49. The average molecular weight is 307 g/mol. The Morgan fingerprint density at radius 3 is 2.85 bits per heavy atom. The van der Waals surface area contributed by atoms with Crippen molar-refractivity contribution in [2.24, 2.45) is 5.73 Å². The Hall–Kier alpha value is -1.65. The third kappa shape index (κ3) is 3.68. The predicted octanol–water partition coefficient (Wildman–Crippen LogP) is 3.51. The lowest BCUT2D eigenvalue weighted by Gasteiger charge is -2.09. The van der Waals surface area contributed by atoms with Crippen LogP contribution in [0.25, 0.3) is 0 Å². The maximum Gasteiger partial charge on any atom is 0.122 e. The van der Waals surface area contributed by atoms with E-state index in [1.165, 1.54) is 0 Å². The summed E-state index contributed by atoms with van der Waals surface area (Å²) >= 11 is 11.0. The van der Waals surface area contributed by atoms with Crippen LogP contribution in [0, 0.1) is 0 Å². The van der Waals surface area contributed by atoms with Crippen LogP contribution in [-0.4, -0.2) is 9.97 Å². The van der Waals surface area contributed by atoms with E-state index in [1.54, 1.807) is 6.20 Å². The fraction of sp³-hybridized carbons (Fsp3) is 0.200. The number of nitrogens with two attached hydrogens (primary N) is 1. The monoisotopic (exact) mass is 306 g/mol. The minimum Gasteiger partial charge on any atom is -0.489 e. The molecule has 0 bridgehead atoms. The Bertz CT molecular complexity index is 631. The van der Waals surface area contributed by atoms with Gasteiger partial charge in [-0.25, -0.2) is 0 Å². The van der Waals surface area contributed by atoms with Crippen molar-refractivity contribution in [3.05, 3.63) is 58.4 Å². The molecule has 104 valence electrons. The molecule has 1 heterocycles. The number of thiocarbonyl (C=S) groups is 1. The molecule has 0 unspecified atom stereocenters. The van der Waals surface area contributed by atoms with E-state index in [0.717, 1.165) is 28.3 Å². The molecule has 0 radical (unpaired) electrons. The van der Waals surface area contributed by atoms with E-state index in [2.05, 4.69) is 11.9 Å². The van der Waals surface area contributed by atoms with Crippen molar-refractivity contribution < 1.29 is 4.74 Å². The van der Waals surface area contributed by atoms with Crippen LogP contribution in [-0.2, 0) is 13.0 Å². The van der Waals surface area contributed by atoms with E-state index in [-0.39, 0.29) is 4.99 Å². The molecule has 0 fully saturated rings. The standard InChI is InChI=1S/C15H15ClN2OS/c1-2-11-8-12(3-4-13(11)16)19-9-10-5-6-18-14(7-10)15(17)20/h3-8H,2,9H2,1H3,(H2,17,20). The molecular formula is C15H15ClN2OS. The molecule has 2 N–H and O–H groups in total. The first-order chi connectivity index (χ1) is 9.60. The number of nitrogens with zero attached hydrogens (tertiary/aromatic N) is 1. The van der Waals surface area contributed by atoms with Gasteiger partial charge in [0.05, 0.1) is 5.69 Å². The number of aryl methyl sites for hydroxylation is 1. The van der Waals surface area contributed by atoms with Gasteiger partial charge in [0.2, 0.25) is 0 Å². The van der Waals surface area contributed by atoms with Crippen LogP contribution in [0.15, 0.2) is 36.5 Å². The Kier molecular flexibility index (Phi) is 4.93. The van der Waals surface area contributed by atoms with E-state index in [1.807, 2.05) is 30.3 Å². The molecule has 1 aromatic carbocycles. The molecule has 2 aromatic rings. The average Bonchev–Trinajstić information content (AvgIpc) is 2.46. The molecule has 1 aromatic heterocycles. The number of benzene rings is 1. The molecule has 5 heteroatoms. The van der Waals surface area contributed by atoms with E-state index >= 15 is 0 Å². The fourth-order valence-electron chi connectivity index (χ4n) is 1.78. The number of hydrogen-bond donors (Lipinski definition) is 1. The van der Waals surface area contributed by atoms with Crippen molar-refractivity contribution >= 4 is 28.8 Å². The summed E-state index contributed by atoms with van der Waals surface area (Å²) in [6.07, 6.45) is 2.55. The van der Waals surface area contributed by atoms with Gasteiger partial charge < -0.3 is 10.5 Å². The normalized spacial score (nSPS) is 10.3. The second-order valence-electron chi connectivity index (χ2n) is 4.31. The molecule has 20 heavy (non-hydrogen) atoms. The van der Waals surface area contributed by atoms with Gasteiger partial charge in [-0.1, -0.05) is 30.7 Å². The van der Waals surface area contributed by atoms with Crippen LogP contribution < -0.4 is 10.5 Å². The summed E-state index contributed by atoms with van der Waals surface area (Å²) in [5, 5.41) is 0.763. The van der Waals surface area contributed by atoms with Crippen LogP contribution in [0.3, 0.4) is 0 Å². The Morgan fingerprint density at radius 1 is 1.35 bits per heavy atom. The van der Waals surface area contributed by atoms with Gasteiger partial charge in [0, 0.05) is 11.2 Å². The molecule has 3 nitrogen and oxygen atoms in total. The fourth-order valence-corrected chi connectivity index (χ4v) is 2.14. The first kappa shape index (κ1) is 14.8. The first-order valence-electron chi connectivity index (χ1n) is 6.26. The zero-order chi connectivity index (χ0) is 14.5. The Labute approximate surface area is 128 Å². The number of pyridine rings is 1. The molecule has 0 saturated heterocycles. The summed E-state index contributed by atoms with van der Waals surface area (Å²) in [4.78, 5) is 4.38. The number of ether oxygens (including phenoxy) is 1. The van der Waals surface area contributed by atoms with Gasteiger partial charge in [-0.15, -0.1) is 0 Å². The second-order valence-corrected chi connectivity index (χ2v) is 5.16. The van der Waals surface area contributed by atoms with Crippen LogP contribution in [0.5, 0.6) is 5.75 Å². The summed E-state index contributed by atoms with van der Waals surface area (Å²) in [5.74, 6) is 0.792. The molecule has 0 saturated carbocycles. The number of rotatable bonds is 5. The maximum atomic E-state index is 6.08. The minimum atomic E-state index is 0.284. The lowest BCUT2D eigenvalue weighted by atomic mass is 10.1. The van der Waals surface area contributed by atoms with Gasteiger partial charge >= 0.3 is 0 Å². The van der Waals surface area contributed by atoms with Crippen LogP contribution >= 0.6 is 23.8 Å². The van der Waals surface area contributed by atoms with Crippen molar-refractivity contribution in [3.63, 3.8) is 0 Å². The SMILES string of the molecule is CCc1cc(OCc2ccnc(C(N)=S)c2)ccc1Cl. The zero-order valence-corrected chi connectivity index (χ0v) is 12.7. The van der Waals surface area contributed by atoms with Crippen molar-refractivity contribution in [3.8, 4) is 5.75 Å².